The van der Waals surface area contributed by atoms with Gasteiger partial charge in [0, 0.05) is 24.6 Å². The van der Waals surface area contributed by atoms with Gasteiger partial charge in [0.1, 0.15) is 22.2 Å². The molecule has 0 saturated heterocycles. The number of thioether (sulfide) groups is 1. The van der Waals surface area contributed by atoms with E-state index in [2.05, 4.69) is 22.8 Å². The number of fused-ring (bicyclic) bond motifs is 2. The predicted octanol–water partition coefficient (Wildman–Crippen LogP) is 3.80. The molecule has 1 aliphatic rings. The van der Waals surface area contributed by atoms with E-state index in [1.807, 2.05) is 56.3 Å². The molecule has 4 aromatic rings. The molecule has 162 valence electrons. The first-order valence-corrected chi connectivity index (χ1v) is 12.6. The lowest BCUT2D eigenvalue weighted by molar-refractivity contribution is -0.642. The number of para-hydroxylation sites is 2. The molecular weight excluding hydrogens is 461 g/mol. The summed E-state index contributed by atoms with van der Waals surface area (Å²) in [6.07, 6.45) is 5.84. The van der Waals surface area contributed by atoms with Crippen molar-refractivity contribution in [2.45, 2.75) is 18.4 Å². The second kappa shape index (κ2) is 8.35. The number of hydrogen-bond donors (Lipinski definition) is 0. The number of rotatable bonds is 3. The van der Waals surface area contributed by atoms with Crippen molar-refractivity contribution >= 4 is 62.5 Å². The molecule has 2 aromatic carbocycles. The molecule has 8 heteroatoms. The zero-order chi connectivity index (χ0) is 22.4. The highest BCUT2D eigenvalue weighted by Crippen LogP contribution is 2.46. The van der Waals surface area contributed by atoms with E-state index in [-0.39, 0.29) is 11.4 Å². The van der Waals surface area contributed by atoms with Gasteiger partial charge in [0.25, 0.3) is 10.6 Å². The number of halogens is 1. The number of hydrogen-bond acceptors (Lipinski definition) is 5. The van der Waals surface area contributed by atoms with Gasteiger partial charge in [0.2, 0.25) is 5.52 Å². The Balaban J connectivity index is 1.59. The summed E-state index contributed by atoms with van der Waals surface area (Å²) in [5.41, 5.74) is 1.76. The van der Waals surface area contributed by atoms with Gasteiger partial charge >= 0.3 is 0 Å². The highest BCUT2D eigenvalue weighted by molar-refractivity contribution is 8.03. The maximum absolute atomic E-state index is 14.2. The normalized spacial score (nSPS) is 16.0. The number of nitrogens with zero attached hydrogens (tertiary/aromatic N) is 3. The molecule has 4 nitrogen and oxygen atoms in total. The van der Waals surface area contributed by atoms with Crippen LogP contribution in [0.4, 0.5) is 10.1 Å². The summed E-state index contributed by atoms with van der Waals surface area (Å²) in [6.45, 7) is 2.59. The summed E-state index contributed by atoms with van der Waals surface area (Å²) in [6, 6.07) is 13.4. The lowest BCUT2D eigenvalue weighted by Crippen LogP contribution is -2.32. The molecule has 0 spiro atoms. The number of allylic oxidation sites excluding steroid dienone is 1. The molecule has 0 N–H and O–H groups in total. The molecule has 0 aliphatic carbocycles. The number of aryl methyl sites for hydroxylation is 1. The van der Waals surface area contributed by atoms with Gasteiger partial charge < -0.3 is 4.90 Å². The summed E-state index contributed by atoms with van der Waals surface area (Å²) in [7, 11) is 3.90. The van der Waals surface area contributed by atoms with Crippen molar-refractivity contribution < 1.29 is 8.96 Å². The quantitative estimate of drug-likeness (QED) is 0.416. The second-order valence-corrected chi connectivity index (χ2v) is 10.6. The van der Waals surface area contributed by atoms with Gasteiger partial charge in [-0.3, -0.25) is 9.36 Å². The molecule has 0 atom stereocenters. The van der Waals surface area contributed by atoms with Crippen molar-refractivity contribution in [3.8, 4) is 0 Å². The average Bonchev–Trinajstić information content (AvgIpc) is 3.39. The van der Waals surface area contributed by atoms with Crippen LogP contribution in [0.3, 0.4) is 0 Å². The summed E-state index contributed by atoms with van der Waals surface area (Å²) in [5.74, 6) is -0.238. The Morgan fingerprint density at radius 2 is 1.91 bits per heavy atom. The van der Waals surface area contributed by atoms with Crippen molar-refractivity contribution in [3.05, 3.63) is 83.9 Å². The van der Waals surface area contributed by atoms with Crippen LogP contribution in [0.25, 0.3) is 22.4 Å². The van der Waals surface area contributed by atoms with Crippen molar-refractivity contribution in [3.63, 3.8) is 0 Å². The first-order chi connectivity index (χ1) is 15.5. The largest absolute Gasteiger partial charge is 0.336 e. The monoisotopic (exact) mass is 482 g/mol. The zero-order valence-electron chi connectivity index (χ0n) is 17.8. The van der Waals surface area contributed by atoms with Gasteiger partial charge in [-0.15, -0.1) is 11.3 Å². The van der Waals surface area contributed by atoms with Crippen molar-refractivity contribution in [1.29, 1.82) is 0 Å². The first kappa shape index (κ1) is 21.2. The van der Waals surface area contributed by atoms with Gasteiger partial charge in [-0.1, -0.05) is 41.3 Å². The van der Waals surface area contributed by atoms with Crippen molar-refractivity contribution in [2.75, 3.05) is 11.9 Å². The van der Waals surface area contributed by atoms with Crippen LogP contribution in [0.1, 0.15) is 11.9 Å². The van der Waals surface area contributed by atoms with Gasteiger partial charge in [-0.25, -0.2) is 4.39 Å². The van der Waals surface area contributed by atoms with E-state index in [0.717, 1.165) is 19.6 Å². The Hall–Kier alpha value is -2.68. The highest BCUT2D eigenvalue weighted by Gasteiger charge is 2.24. The number of anilines is 1. The number of thiazole rings is 2. The first-order valence-electron chi connectivity index (χ1n) is 10.2. The van der Waals surface area contributed by atoms with Crippen LogP contribution in [-0.4, -0.2) is 11.6 Å². The van der Waals surface area contributed by atoms with Crippen LogP contribution in [0.15, 0.2) is 63.3 Å². The van der Waals surface area contributed by atoms with E-state index in [1.54, 1.807) is 22.0 Å². The lowest BCUT2D eigenvalue weighted by Gasteiger charge is -2.13. The standard InChI is InChI=1S/C24H21FN3OS3/c1-4-28-22(14-21-26(2)16-9-5-6-10-17(16)30-21)32-19(24(28)29)12-13-20-27(3)23-15(25)8-7-11-18(23)31-20/h5-14H,4H2,1-3H3/q+1/b19-12-,20-13-. The topological polar surface area (TPSA) is 29.1 Å². The van der Waals surface area contributed by atoms with Gasteiger partial charge in [-0.05, 0) is 37.3 Å². The van der Waals surface area contributed by atoms with Crippen molar-refractivity contribution in [1.82, 2.24) is 4.57 Å². The predicted molar refractivity (Wildman–Crippen MR) is 133 cm³/mol. The molecule has 0 amide bonds. The Labute approximate surface area is 196 Å². The van der Waals surface area contributed by atoms with E-state index in [9.17, 15) is 9.18 Å². The second-order valence-electron chi connectivity index (χ2n) is 7.38. The molecule has 2 aromatic heterocycles. The zero-order valence-corrected chi connectivity index (χ0v) is 20.3. The minimum absolute atomic E-state index is 0.00120. The van der Waals surface area contributed by atoms with E-state index in [1.165, 1.54) is 39.4 Å². The Kier molecular flexibility index (Phi) is 5.53. The number of aromatic nitrogens is 2. The fraction of sp³-hybridized carbons (Fsp3) is 0.167. The van der Waals surface area contributed by atoms with Crippen LogP contribution >= 0.6 is 34.4 Å². The van der Waals surface area contributed by atoms with E-state index < -0.39 is 0 Å². The van der Waals surface area contributed by atoms with Crippen LogP contribution in [-0.2, 0) is 13.6 Å². The Bertz CT molecular complexity index is 1560. The molecule has 1 aliphatic heterocycles. The Morgan fingerprint density at radius 1 is 1.09 bits per heavy atom. The fourth-order valence-electron chi connectivity index (χ4n) is 3.80. The molecule has 0 fully saturated rings. The SMILES string of the molecule is CCn1c(=O)/c(=C/C=C2\Sc3cccc(F)c3N2C)s/c1=C\c1sc2ccccc2[n+]1C. The highest BCUT2D eigenvalue weighted by atomic mass is 32.2. The van der Waals surface area contributed by atoms with E-state index in [4.69, 9.17) is 0 Å². The average molecular weight is 483 g/mol. The van der Waals surface area contributed by atoms with Crippen LogP contribution in [0.2, 0.25) is 0 Å². The third-order valence-corrected chi connectivity index (χ3v) is 8.89. The minimum Gasteiger partial charge on any atom is -0.336 e. The third-order valence-electron chi connectivity index (χ3n) is 5.48. The molecule has 5 rings (SSSR count). The molecule has 0 saturated carbocycles. The van der Waals surface area contributed by atoms with Crippen LogP contribution in [0.5, 0.6) is 0 Å². The van der Waals surface area contributed by atoms with Gasteiger partial charge in [-0.2, -0.15) is 4.57 Å². The number of benzene rings is 2. The summed E-state index contributed by atoms with van der Waals surface area (Å²) >= 11 is 4.70. The molecule has 32 heavy (non-hydrogen) atoms. The third kappa shape index (κ3) is 3.52. The summed E-state index contributed by atoms with van der Waals surface area (Å²) in [5, 5.41) is 1.99. The molecule has 3 heterocycles. The van der Waals surface area contributed by atoms with Crippen LogP contribution < -0.4 is 24.2 Å². The molecular formula is C24H21FN3OS3+. The molecule has 0 bridgehead atoms. The molecule has 0 radical (unpaired) electrons. The maximum atomic E-state index is 14.2. The Morgan fingerprint density at radius 3 is 2.66 bits per heavy atom. The van der Waals surface area contributed by atoms with E-state index in [0.29, 0.717) is 16.8 Å². The van der Waals surface area contributed by atoms with Crippen LogP contribution in [0, 0.1) is 5.82 Å². The smallest absolute Gasteiger partial charge is 0.269 e. The van der Waals surface area contributed by atoms with Crippen molar-refractivity contribution in [2.24, 2.45) is 7.05 Å². The molecule has 0 unspecified atom stereocenters. The lowest BCUT2D eigenvalue weighted by atomic mass is 10.3. The summed E-state index contributed by atoms with van der Waals surface area (Å²) in [4.78, 5) is 15.8. The van der Waals surface area contributed by atoms with E-state index >= 15 is 0 Å². The minimum atomic E-state index is -0.238. The van der Waals surface area contributed by atoms with Gasteiger partial charge in [0.05, 0.1) is 21.3 Å². The van der Waals surface area contributed by atoms with Gasteiger partial charge in [0.15, 0.2) is 0 Å². The fourth-order valence-corrected chi connectivity index (χ4v) is 7.08. The maximum Gasteiger partial charge on any atom is 0.269 e. The summed E-state index contributed by atoms with van der Waals surface area (Å²) < 4.78 is 21.0.